The molecule has 0 saturated heterocycles. The number of carbonyl (C=O) groups is 1. The smallest absolute Gasteiger partial charge is 0.352 e. The third-order valence-corrected chi connectivity index (χ3v) is 5.79. The van der Waals surface area contributed by atoms with Gasteiger partial charge in [0.05, 0.1) is 0 Å². The summed E-state index contributed by atoms with van der Waals surface area (Å²) in [5.74, 6) is 0.920. The number of rotatable bonds is 7. The first kappa shape index (κ1) is 21.0. The number of fused-ring (bicyclic) bond motifs is 1. The molecule has 1 N–H and O–H groups in total. The highest BCUT2D eigenvalue weighted by Gasteiger charge is 2.19. The number of hydrogen-bond donors (Lipinski definition) is 1. The zero-order valence-corrected chi connectivity index (χ0v) is 18.3. The number of benzene rings is 3. The first-order valence-corrected chi connectivity index (χ1v) is 10.7. The van der Waals surface area contributed by atoms with Crippen LogP contribution in [0.5, 0.6) is 17.2 Å². The maximum Gasteiger partial charge on any atom is 0.352 e. The van der Waals surface area contributed by atoms with Gasteiger partial charge in [0.25, 0.3) is 0 Å². The van der Waals surface area contributed by atoms with Gasteiger partial charge < -0.3 is 23.9 Å². The number of aromatic carboxylic acids is 1. The van der Waals surface area contributed by atoms with Crippen LogP contribution in [0.4, 0.5) is 0 Å². The minimum Gasteiger partial charge on any atom is -0.489 e. The maximum atomic E-state index is 11.9. The van der Waals surface area contributed by atoms with Gasteiger partial charge >= 0.3 is 5.97 Å². The zero-order valence-electron chi connectivity index (χ0n) is 17.5. The Labute approximate surface area is 195 Å². The molecule has 4 aromatic rings. The Morgan fingerprint density at radius 1 is 0.970 bits per heavy atom. The Kier molecular flexibility index (Phi) is 5.67. The highest BCUT2D eigenvalue weighted by molar-refractivity contribution is 6.31. The monoisotopic (exact) mass is 461 g/mol. The minimum atomic E-state index is -1.01. The normalized spacial score (nSPS) is 12.0. The number of carboxylic acid groups (broad SMARTS) is 1. The lowest BCUT2D eigenvalue weighted by Gasteiger charge is -2.09. The largest absolute Gasteiger partial charge is 0.489 e. The second-order valence-electron chi connectivity index (χ2n) is 7.64. The summed E-state index contributed by atoms with van der Waals surface area (Å²) in [6.45, 7) is 0.916. The molecule has 0 radical (unpaired) electrons. The first-order valence-electron chi connectivity index (χ1n) is 10.4. The van der Waals surface area contributed by atoms with Crippen molar-refractivity contribution < 1.29 is 24.1 Å². The van der Waals surface area contributed by atoms with Crippen molar-refractivity contribution in [3.8, 4) is 28.4 Å². The van der Waals surface area contributed by atoms with E-state index in [-0.39, 0.29) is 19.0 Å². The Bertz CT molecular complexity index is 1300. The summed E-state index contributed by atoms with van der Waals surface area (Å²) in [4.78, 5) is 11.9. The van der Waals surface area contributed by atoms with Crippen LogP contribution in [0.25, 0.3) is 11.1 Å². The van der Waals surface area contributed by atoms with E-state index in [2.05, 4.69) is 0 Å². The van der Waals surface area contributed by atoms with Crippen molar-refractivity contribution >= 4 is 17.6 Å². The van der Waals surface area contributed by atoms with Gasteiger partial charge in [-0.2, -0.15) is 0 Å². The van der Waals surface area contributed by atoms with Crippen LogP contribution in [0, 0.1) is 0 Å². The van der Waals surface area contributed by atoms with E-state index < -0.39 is 5.97 Å². The van der Waals surface area contributed by atoms with Gasteiger partial charge in [0.2, 0.25) is 6.79 Å². The fourth-order valence-corrected chi connectivity index (χ4v) is 3.94. The molecule has 2 heterocycles. The SMILES string of the molecule is O=C(O)c1cc(-c2ccc(OCc3ccccc3)cc2)cn1Cc1cc2c(cc1Cl)OCO2. The van der Waals surface area contributed by atoms with Crippen LogP contribution in [0.3, 0.4) is 0 Å². The fourth-order valence-electron chi connectivity index (χ4n) is 3.73. The van der Waals surface area contributed by atoms with Crippen molar-refractivity contribution in [3.63, 3.8) is 0 Å². The van der Waals surface area contributed by atoms with E-state index in [9.17, 15) is 9.90 Å². The van der Waals surface area contributed by atoms with E-state index in [1.165, 1.54) is 0 Å². The zero-order chi connectivity index (χ0) is 22.8. The maximum absolute atomic E-state index is 11.9. The van der Waals surface area contributed by atoms with Crippen molar-refractivity contribution in [2.24, 2.45) is 0 Å². The molecule has 0 atom stereocenters. The average molecular weight is 462 g/mol. The molecule has 0 fully saturated rings. The molecule has 0 amide bonds. The van der Waals surface area contributed by atoms with Crippen LogP contribution in [-0.4, -0.2) is 22.4 Å². The van der Waals surface area contributed by atoms with E-state index in [4.69, 9.17) is 25.8 Å². The predicted molar refractivity (Wildman–Crippen MR) is 124 cm³/mol. The van der Waals surface area contributed by atoms with Crippen LogP contribution >= 0.6 is 11.6 Å². The summed E-state index contributed by atoms with van der Waals surface area (Å²) >= 11 is 6.39. The van der Waals surface area contributed by atoms with Crippen molar-refractivity contribution in [2.45, 2.75) is 13.2 Å². The number of aromatic nitrogens is 1. The van der Waals surface area contributed by atoms with E-state index in [0.29, 0.717) is 23.1 Å². The molecular formula is C26H20ClNO5. The number of carboxylic acids is 1. The molecule has 1 aliphatic heterocycles. The summed E-state index contributed by atoms with van der Waals surface area (Å²) in [6.07, 6.45) is 1.81. The minimum absolute atomic E-state index is 0.147. The topological polar surface area (TPSA) is 69.9 Å². The van der Waals surface area contributed by atoms with Crippen LogP contribution < -0.4 is 14.2 Å². The lowest BCUT2D eigenvalue weighted by molar-refractivity contribution is 0.0685. The van der Waals surface area contributed by atoms with E-state index in [0.717, 1.165) is 28.0 Å². The molecule has 0 spiro atoms. The number of nitrogens with zero attached hydrogens (tertiary/aromatic N) is 1. The van der Waals surface area contributed by atoms with Crippen LogP contribution in [0.15, 0.2) is 79.0 Å². The van der Waals surface area contributed by atoms with Crippen molar-refractivity contribution in [1.82, 2.24) is 4.57 Å². The van der Waals surface area contributed by atoms with Crippen LogP contribution in [-0.2, 0) is 13.2 Å². The summed E-state index contributed by atoms with van der Waals surface area (Å²) in [5, 5.41) is 10.2. The molecule has 33 heavy (non-hydrogen) atoms. The van der Waals surface area contributed by atoms with Gasteiger partial charge in [-0.1, -0.05) is 54.1 Å². The van der Waals surface area contributed by atoms with Gasteiger partial charge in [0.1, 0.15) is 18.1 Å². The standard InChI is InChI=1S/C26H20ClNO5/c27-22-12-25-24(32-16-33-25)11-20(22)14-28-13-19(10-23(28)26(29)30)18-6-8-21(9-7-18)31-15-17-4-2-1-3-5-17/h1-13H,14-16H2,(H,29,30). The molecule has 3 aromatic carbocycles. The molecular weight excluding hydrogens is 442 g/mol. The fraction of sp³-hybridized carbons (Fsp3) is 0.115. The van der Waals surface area contributed by atoms with Gasteiger partial charge in [-0.15, -0.1) is 0 Å². The Morgan fingerprint density at radius 2 is 1.70 bits per heavy atom. The molecule has 0 aliphatic carbocycles. The van der Waals surface area contributed by atoms with E-state index in [1.807, 2.05) is 60.8 Å². The van der Waals surface area contributed by atoms with Gasteiger partial charge in [-0.05, 0) is 41.0 Å². The third kappa shape index (κ3) is 4.52. The predicted octanol–water partition coefficient (Wildman–Crippen LogP) is 5.86. The van der Waals surface area contributed by atoms with E-state index >= 15 is 0 Å². The first-order chi connectivity index (χ1) is 16.1. The summed E-state index contributed by atoms with van der Waals surface area (Å²) in [6, 6.07) is 22.7. The van der Waals surface area contributed by atoms with Crippen molar-refractivity contribution in [2.75, 3.05) is 6.79 Å². The molecule has 0 bridgehead atoms. The molecule has 1 aliphatic rings. The van der Waals surface area contributed by atoms with Gasteiger partial charge in [0.15, 0.2) is 11.5 Å². The van der Waals surface area contributed by atoms with Crippen molar-refractivity contribution in [3.05, 3.63) is 101 Å². The average Bonchev–Trinajstić information content (AvgIpc) is 3.46. The summed E-state index contributed by atoms with van der Waals surface area (Å²) < 4.78 is 18.3. The van der Waals surface area contributed by atoms with Gasteiger partial charge in [0, 0.05) is 29.4 Å². The number of hydrogen-bond acceptors (Lipinski definition) is 4. The molecule has 1 aromatic heterocycles. The summed E-state index contributed by atoms with van der Waals surface area (Å²) in [7, 11) is 0. The van der Waals surface area contributed by atoms with Crippen LogP contribution in [0.2, 0.25) is 5.02 Å². The Balaban J connectivity index is 1.36. The molecule has 0 saturated carbocycles. The molecule has 7 heteroatoms. The van der Waals surface area contributed by atoms with Crippen molar-refractivity contribution in [1.29, 1.82) is 0 Å². The molecule has 6 nitrogen and oxygen atoms in total. The third-order valence-electron chi connectivity index (χ3n) is 5.43. The van der Waals surface area contributed by atoms with Gasteiger partial charge in [-0.3, -0.25) is 0 Å². The lowest BCUT2D eigenvalue weighted by atomic mass is 10.1. The second kappa shape index (κ2) is 8.92. The van der Waals surface area contributed by atoms with E-state index in [1.54, 1.807) is 22.8 Å². The number of ether oxygens (including phenoxy) is 3. The Morgan fingerprint density at radius 3 is 2.42 bits per heavy atom. The highest BCUT2D eigenvalue weighted by Crippen LogP contribution is 2.37. The Hall–Kier alpha value is -3.90. The highest BCUT2D eigenvalue weighted by atomic mass is 35.5. The second-order valence-corrected chi connectivity index (χ2v) is 8.05. The molecule has 166 valence electrons. The quantitative estimate of drug-likeness (QED) is 0.373. The molecule has 5 rings (SSSR count). The van der Waals surface area contributed by atoms with Gasteiger partial charge in [-0.25, -0.2) is 4.79 Å². The molecule has 0 unspecified atom stereocenters. The summed E-state index contributed by atoms with van der Waals surface area (Å²) in [5.41, 5.74) is 3.68. The lowest BCUT2D eigenvalue weighted by Crippen LogP contribution is -2.08. The van der Waals surface area contributed by atoms with Crippen LogP contribution in [0.1, 0.15) is 21.6 Å². The number of halogens is 1.